The molecule has 0 radical (unpaired) electrons. The maximum absolute atomic E-state index is 10.9. The van der Waals surface area contributed by atoms with Gasteiger partial charge in [0.1, 0.15) is 0 Å². The minimum absolute atomic E-state index is 0.0441. The number of hydrogen-bond donors (Lipinski definition) is 0. The molecule has 2 nitrogen and oxygen atoms in total. The van der Waals surface area contributed by atoms with Crippen molar-refractivity contribution in [3.05, 3.63) is 28.7 Å². The van der Waals surface area contributed by atoms with Crippen LogP contribution in [0.5, 0.6) is 0 Å². The summed E-state index contributed by atoms with van der Waals surface area (Å²) in [4.78, 5) is 10.9. The predicted octanol–water partition coefficient (Wildman–Crippen LogP) is 3.11. The van der Waals surface area contributed by atoms with Gasteiger partial charge in [0.05, 0.1) is 21.8 Å². The zero-order chi connectivity index (χ0) is 9.14. The van der Waals surface area contributed by atoms with E-state index in [0.717, 1.165) is 10.2 Å². The maximum Gasteiger partial charge on any atom is 0.233 e. The van der Waals surface area contributed by atoms with Crippen LogP contribution in [0.25, 0.3) is 0 Å². The number of hydrogen-bond acceptors (Lipinski definition) is 1. The Kier molecular flexibility index (Phi) is 3.29. The van der Waals surface area contributed by atoms with Gasteiger partial charge in [0.2, 0.25) is 5.91 Å². The van der Waals surface area contributed by atoms with E-state index >= 15 is 0 Å². The molecule has 0 aliphatic heterocycles. The van der Waals surface area contributed by atoms with Crippen LogP contribution in [0, 0.1) is 0 Å². The number of halogens is 2. The molecule has 1 aromatic carbocycles. The summed E-state index contributed by atoms with van der Waals surface area (Å²) >= 11 is 6.46. The fraction of sp³-hybridized carbons (Fsp3) is 0.125. The Morgan fingerprint density at radius 1 is 1.33 bits per heavy atom. The molecule has 12 heavy (non-hydrogen) atoms. The van der Waals surface area contributed by atoms with Crippen LogP contribution in [-0.2, 0) is 4.79 Å². The highest BCUT2D eigenvalue weighted by atomic mass is 79.9. The molecule has 1 amide bonds. The second-order valence-corrected chi connectivity index (χ2v) is 3.90. The van der Waals surface area contributed by atoms with Crippen molar-refractivity contribution in [2.24, 2.45) is 0 Å². The van der Waals surface area contributed by atoms with E-state index in [-0.39, 0.29) is 5.91 Å². The van der Waals surface area contributed by atoms with E-state index in [0.29, 0.717) is 0 Å². The van der Waals surface area contributed by atoms with Gasteiger partial charge in [-0.2, -0.15) is 0 Å². The standard InChI is InChI=1S/C8H7Br2NO/c1-6(12)11(10)8-4-2-7(9)3-5-8/h2-5H,1H3. The molecule has 0 saturated carbocycles. The molecule has 0 N–H and O–H groups in total. The minimum atomic E-state index is -0.0441. The van der Waals surface area contributed by atoms with Crippen LogP contribution in [0.3, 0.4) is 0 Å². The summed E-state index contributed by atoms with van der Waals surface area (Å²) in [6.45, 7) is 1.50. The molecule has 1 aromatic rings. The van der Waals surface area contributed by atoms with Crippen molar-refractivity contribution < 1.29 is 4.79 Å². The summed E-state index contributed by atoms with van der Waals surface area (Å²) < 4.78 is 2.41. The summed E-state index contributed by atoms with van der Waals surface area (Å²) in [6.07, 6.45) is 0. The summed E-state index contributed by atoms with van der Waals surface area (Å²) in [5.41, 5.74) is 0.825. The quantitative estimate of drug-likeness (QED) is 0.729. The van der Waals surface area contributed by atoms with Crippen molar-refractivity contribution in [1.29, 1.82) is 0 Å². The fourth-order valence-corrected chi connectivity index (χ4v) is 1.25. The van der Waals surface area contributed by atoms with Gasteiger partial charge in [-0.3, -0.25) is 4.79 Å². The lowest BCUT2D eigenvalue weighted by Crippen LogP contribution is -2.15. The van der Waals surface area contributed by atoms with Crippen molar-refractivity contribution in [1.82, 2.24) is 0 Å². The van der Waals surface area contributed by atoms with Crippen LogP contribution in [0.1, 0.15) is 6.92 Å². The number of nitrogens with zero attached hydrogens (tertiary/aromatic N) is 1. The SMILES string of the molecule is CC(=O)N(Br)c1ccc(Br)cc1. The monoisotopic (exact) mass is 291 g/mol. The largest absolute Gasteiger partial charge is 0.274 e. The highest BCUT2D eigenvalue weighted by Gasteiger charge is 2.05. The number of amides is 1. The summed E-state index contributed by atoms with van der Waals surface area (Å²) in [7, 11) is 0. The molecular formula is C8H7Br2NO. The van der Waals surface area contributed by atoms with Crippen molar-refractivity contribution in [2.75, 3.05) is 3.93 Å². The van der Waals surface area contributed by atoms with Gasteiger partial charge in [-0.25, -0.2) is 3.93 Å². The van der Waals surface area contributed by atoms with Crippen molar-refractivity contribution in [3.8, 4) is 0 Å². The first-order chi connectivity index (χ1) is 5.61. The molecule has 1 rings (SSSR count). The van der Waals surface area contributed by atoms with Gasteiger partial charge in [-0.05, 0) is 24.3 Å². The molecule has 4 heteroatoms. The van der Waals surface area contributed by atoms with E-state index in [2.05, 4.69) is 32.1 Å². The minimum Gasteiger partial charge on any atom is -0.274 e. The van der Waals surface area contributed by atoms with Gasteiger partial charge in [0.15, 0.2) is 0 Å². The molecule has 0 bridgehead atoms. The van der Waals surface area contributed by atoms with Crippen LogP contribution >= 0.6 is 32.1 Å². The first-order valence-corrected chi connectivity index (χ1v) is 4.83. The number of carbonyl (C=O) groups excluding carboxylic acids is 1. The third-order valence-corrected chi connectivity index (χ3v) is 2.77. The number of carbonyl (C=O) groups is 1. The third kappa shape index (κ3) is 2.32. The van der Waals surface area contributed by atoms with Crippen molar-refractivity contribution in [3.63, 3.8) is 0 Å². The average molecular weight is 293 g/mol. The second-order valence-electron chi connectivity index (χ2n) is 2.28. The second kappa shape index (κ2) is 4.05. The molecule has 0 saturated heterocycles. The number of anilines is 1. The van der Waals surface area contributed by atoms with Gasteiger partial charge in [0, 0.05) is 11.4 Å². The van der Waals surface area contributed by atoms with E-state index in [1.165, 1.54) is 10.8 Å². The van der Waals surface area contributed by atoms with Crippen molar-refractivity contribution >= 4 is 43.7 Å². The van der Waals surface area contributed by atoms with Crippen LogP contribution in [0.2, 0.25) is 0 Å². The van der Waals surface area contributed by atoms with E-state index in [4.69, 9.17) is 0 Å². The smallest absolute Gasteiger partial charge is 0.233 e. The van der Waals surface area contributed by atoms with Crippen LogP contribution in [0.4, 0.5) is 5.69 Å². The Hall–Kier alpha value is -0.350. The van der Waals surface area contributed by atoms with E-state index in [1.54, 1.807) is 0 Å². The Labute approximate surface area is 88.0 Å². The first kappa shape index (κ1) is 9.74. The highest BCUT2D eigenvalue weighted by molar-refractivity contribution is 9.10. The average Bonchev–Trinajstić information content (AvgIpc) is 2.04. The predicted molar refractivity (Wildman–Crippen MR) is 56.2 cm³/mol. The number of benzene rings is 1. The molecule has 0 aliphatic carbocycles. The molecule has 0 fully saturated rings. The van der Waals surface area contributed by atoms with Crippen molar-refractivity contribution in [2.45, 2.75) is 6.92 Å². The molecule has 0 aliphatic rings. The topological polar surface area (TPSA) is 20.3 Å². The molecule has 0 unspecified atom stereocenters. The first-order valence-electron chi connectivity index (χ1n) is 3.33. The Morgan fingerprint density at radius 2 is 1.83 bits per heavy atom. The number of rotatable bonds is 1. The summed E-state index contributed by atoms with van der Waals surface area (Å²) in [6, 6.07) is 7.46. The molecule has 0 aromatic heterocycles. The van der Waals surface area contributed by atoms with E-state index < -0.39 is 0 Å². The van der Waals surface area contributed by atoms with E-state index in [1.807, 2.05) is 24.3 Å². The lowest BCUT2D eigenvalue weighted by molar-refractivity contribution is -0.115. The molecule has 0 atom stereocenters. The third-order valence-electron chi connectivity index (χ3n) is 1.33. The Morgan fingerprint density at radius 3 is 2.25 bits per heavy atom. The van der Waals surface area contributed by atoms with Gasteiger partial charge >= 0.3 is 0 Å². The zero-order valence-electron chi connectivity index (χ0n) is 6.42. The lowest BCUT2D eigenvalue weighted by atomic mass is 10.3. The molecule has 64 valence electrons. The fourth-order valence-electron chi connectivity index (χ4n) is 0.754. The summed E-state index contributed by atoms with van der Waals surface area (Å²) in [5.74, 6) is -0.0441. The normalized spacial score (nSPS) is 9.58. The Balaban J connectivity index is 2.89. The lowest BCUT2D eigenvalue weighted by Gasteiger charge is -2.11. The van der Waals surface area contributed by atoms with Gasteiger partial charge in [-0.1, -0.05) is 15.9 Å². The zero-order valence-corrected chi connectivity index (χ0v) is 9.59. The molecule has 0 spiro atoms. The van der Waals surface area contributed by atoms with Gasteiger partial charge < -0.3 is 0 Å². The molecule has 0 heterocycles. The van der Waals surface area contributed by atoms with Crippen LogP contribution in [-0.4, -0.2) is 5.91 Å². The van der Waals surface area contributed by atoms with Gasteiger partial charge in [-0.15, -0.1) is 0 Å². The summed E-state index contributed by atoms with van der Waals surface area (Å²) in [5, 5.41) is 0. The Bertz CT molecular complexity index is 284. The molecular weight excluding hydrogens is 286 g/mol. The highest BCUT2D eigenvalue weighted by Crippen LogP contribution is 2.20. The van der Waals surface area contributed by atoms with Gasteiger partial charge in [0.25, 0.3) is 0 Å². The van der Waals surface area contributed by atoms with E-state index in [9.17, 15) is 4.79 Å². The maximum atomic E-state index is 10.9. The van der Waals surface area contributed by atoms with Crippen LogP contribution < -0.4 is 3.93 Å². The van der Waals surface area contributed by atoms with Crippen LogP contribution in [0.15, 0.2) is 28.7 Å².